The summed E-state index contributed by atoms with van der Waals surface area (Å²) in [6, 6.07) is 15.3. The second-order valence-electron chi connectivity index (χ2n) is 5.38. The summed E-state index contributed by atoms with van der Waals surface area (Å²) in [5, 5.41) is 11.1. The smallest absolute Gasteiger partial charge is 0.277 e. The molecule has 26 heavy (non-hydrogen) atoms. The number of para-hydroxylation sites is 1. The Kier molecular flexibility index (Phi) is 6.51. The highest BCUT2D eigenvalue weighted by Crippen LogP contribution is 2.20. The fraction of sp³-hybridized carbons (Fsp3) is 0.167. The number of rotatable bonds is 7. The molecule has 0 fully saturated rings. The zero-order valence-electron chi connectivity index (χ0n) is 13.9. The average Bonchev–Trinajstić information content (AvgIpc) is 3.08. The summed E-state index contributed by atoms with van der Waals surface area (Å²) < 4.78 is 12.1. The van der Waals surface area contributed by atoms with E-state index in [2.05, 4.69) is 38.1 Å². The second-order valence-corrected chi connectivity index (χ2v) is 7.47. The van der Waals surface area contributed by atoms with E-state index < -0.39 is 0 Å². The molecule has 0 atom stereocenters. The lowest BCUT2D eigenvalue weighted by Crippen LogP contribution is -2.14. The Bertz CT molecular complexity index is 901. The van der Waals surface area contributed by atoms with Crippen LogP contribution in [0.2, 0.25) is 0 Å². The summed E-state index contributed by atoms with van der Waals surface area (Å²) in [6.45, 7) is 2.18. The molecule has 0 aliphatic heterocycles. The van der Waals surface area contributed by atoms with E-state index >= 15 is 0 Å². The predicted molar refractivity (Wildman–Crippen MR) is 108 cm³/mol. The highest BCUT2D eigenvalue weighted by Gasteiger charge is 2.11. The van der Waals surface area contributed by atoms with Crippen LogP contribution in [-0.4, -0.2) is 21.9 Å². The standard InChI is InChI=1S/C18H16IN3O3S/c1-12-5-4-6-13(9-12)24-10-17-21-22-18(25-17)26-11-16(23)20-15-8-3-2-7-14(15)19/h2-9H,10-11H2,1H3,(H,20,23). The number of benzene rings is 2. The van der Waals surface area contributed by atoms with Crippen LogP contribution < -0.4 is 10.1 Å². The number of ether oxygens (including phenoxy) is 1. The fourth-order valence-electron chi connectivity index (χ4n) is 2.08. The van der Waals surface area contributed by atoms with E-state index in [1.807, 2.05) is 55.5 Å². The van der Waals surface area contributed by atoms with E-state index in [1.165, 1.54) is 11.8 Å². The van der Waals surface area contributed by atoms with Crippen molar-refractivity contribution in [3.63, 3.8) is 0 Å². The van der Waals surface area contributed by atoms with Crippen LogP contribution in [0.1, 0.15) is 11.5 Å². The molecule has 0 bridgehead atoms. The Morgan fingerprint density at radius 3 is 2.88 bits per heavy atom. The van der Waals surface area contributed by atoms with Gasteiger partial charge in [-0.2, -0.15) is 0 Å². The van der Waals surface area contributed by atoms with Crippen molar-refractivity contribution in [2.75, 3.05) is 11.1 Å². The van der Waals surface area contributed by atoms with Gasteiger partial charge in [0.25, 0.3) is 11.1 Å². The molecule has 0 spiro atoms. The first-order chi connectivity index (χ1) is 12.6. The highest BCUT2D eigenvalue weighted by molar-refractivity contribution is 14.1. The van der Waals surface area contributed by atoms with Gasteiger partial charge in [0.2, 0.25) is 5.91 Å². The number of carbonyl (C=O) groups is 1. The summed E-state index contributed by atoms with van der Waals surface area (Å²) in [4.78, 5) is 12.0. The van der Waals surface area contributed by atoms with Crippen LogP contribution in [0.3, 0.4) is 0 Å². The van der Waals surface area contributed by atoms with Crippen molar-refractivity contribution in [1.29, 1.82) is 0 Å². The molecule has 1 amide bonds. The molecule has 1 aromatic heterocycles. The molecule has 0 aliphatic rings. The van der Waals surface area contributed by atoms with Crippen LogP contribution in [0.25, 0.3) is 0 Å². The minimum atomic E-state index is -0.130. The van der Waals surface area contributed by atoms with Crippen LogP contribution in [0.5, 0.6) is 5.75 Å². The van der Waals surface area contributed by atoms with E-state index in [-0.39, 0.29) is 18.3 Å². The van der Waals surface area contributed by atoms with Crippen molar-refractivity contribution < 1.29 is 13.9 Å². The molecular weight excluding hydrogens is 465 g/mol. The number of nitrogens with zero attached hydrogens (tertiary/aromatic N) is 2. The number of carbonyl (C=O) groups excluding carboxylic acids is 1. The predicted octanol–water partition coefficient (Wildman–Crippen LogP) is 4.29. The molecule has 134 valence electrons. The number of hydrogen-bond donors (Lipinski definition) is 1. The molecule has 0 saturated carbocycles. The Labute approximate surface area is 168 Å². The normalized spacial score (nSPS) is 10.5. The number of anilines is 1. The maximum Gasteiger partial charge on any atom is 0.277 e. The lowest BCUT2D eigenvalue weighted by Gasteiger charge is -2.05. The molecule has 6 nitrogen and oxygen atoms in total. The van der Waals surface area contributed by atoms with Gasteiger partial charge >= 0.3 is 0 Å². The Hall–Kier alpha value is -2.07. The van der Waals surface area contributed by atoms with Crippen LogP contribution in [0.15, 0.2) is 58.2 Å². The lowest BCUT2D eigenvalue weighted by atomic mass is 10.2. The monoisotopic (exact) mass is 481 g/mol. The molecule has 2 aromatic carbocycles. The third-order valence-corrected chi connectivity index (χ3v) is 5.03. The first-order valence-corrected chi connectivity index (χ1v) is 9.85. The minimum absolute atomic E-state index is 0.130. The van der Waals surface area contributed by atoms with Gasteiger partial charge in [0.05, 0.1) is 11.4 Å². The first kappa shape index (κ1) is 18.7. The third-order valence-electron chi connectivity index (χ3n) is 3.27. The topological polar surface area (TPSA) is 77.2 Å². The van der Waals surface area contributed by atoms with Crippen molar-refractivity contribution in [3.8, 4) is 5.75 Å². The van der Waals surface area contributed by atoms with Crippen LogP contribution in [-0.2, 0) is 11.4 Å². The van der Waals surface area contributed by atoms with Crippen molar-refractivity contribution in [1.82, 2.24) is 10.2 Å². The van der Waals surface area contributed by atoms with Gasteiger partial charge in [-0.3, -0.25) is 4.79 Å². The molecule has 0 saturated heterocycles. The van der Waals surface area contributed by atoms with Crippen molar-refractivity contribution in [2.45, 2.75) is 18.8 Å². The summed E-state index contributed by atoms with van der Waals surface area (Å²) in [7, 11) is 0. The number of amides is 1. The van der Waals surface area contributed by atoms with Crippen LogP contribution >= 0.6 is 34.4 Å². The van der Waals surface area contributed by atoms with E-state index in [0.29, 0.717) is 11.1 Å². The number of nitrogens with one attached hydrogen (secondary N) is 1. The van der Waals surface area contributed by atoms with Gasteiger partial charge < -0.3 is 14.5 Å². The number of halogens is 1. The van der Waals surface area contributed by atoms with Gasteiger partial charge in [0, 0.05) is 3.57 Å². The molecular formula is C18H16IN3O3S. The van der Waals surface area contributed by atoms with Gasteiger partial charge in [0.15, 0.2) is 6.61 Å². The summed E-state index contributed by atoms with van der Waals surface area (Å²) >= 11 is 3.36. The fourth-order valence-corrected chi connectivity index (χ4v) is 3.18. The number of thioether (sulfide) groups is 1. The second kappa shape index (κ2) is 9.04. The van der Waals surface area contributed by atoms with Crippen molar-refractivity contribution in [2.24, 2.45) is 0 Å². The highest BCUT2D eigenvalue weighted by atomic mass is 127. The van der Waals surface area contributed by atoms with E-state index in [9.17, 15) is 4.79 Å². The summed E-state index contributed by atoms with van der Waals surface area (Å²) in [6.07, 6.45) is 0. The summed E-state index contributed by atoms with van der Waals surface area (Å²) in [5.74, 6) is 1.17. The lowest BCUT2D eigenvalue weighted by molar-refractivity contribution is -0.113. The van der Waals surface area contributed by atoms with Gasteiger partial charge in [0.1, 0.15) is 5.75 Å². The number of aryl methyl sites for hydroxylation is 1. The minimum Gasteiger partial charge on any atom is -0.484 e. The number of aromatic nitrogens is 2. The van der Waals surface area contributed by atoms with Gasteiger partial charge in [-0.25, -0.2) is 0 Å². The molecule has 0 radical (unpaired) electrons. The van der Waals surface area contributed by atoms with Crippen LogP contribution in [0.4, 0.5) is 5.69 Å². The Balaban J connectivity index is 1.47. The van der Waals surface area contributed by atoms with Gasteiger partial charge in [-0.1, -0.05) is 36.0 Å². The van der Waals surface area contributed by atoms with E-state index in [1.54, 1.807) is 0 Å². The van der Waals surface area contributed by atoms with Crippen molar-refractivity contribution in [3.05, 3.63) is 63.6 Å². The average molecular weight is 481 g/mol. The molecule has 3 aromatic rings. The third kappa shape index (κ3) is 5.46. The molecule has 0 unspecified atom stereocenters. The Morgan fingerprint density at radius 2 is 2.08 bits per heavy atom. The zero-order chi connectivity index (χ0) is 18.4. The van der Waals surface area contributed by atoms with E-state index in [4.69, 9.17) is 9.15 Å². The Morgan fingerprint density at radius 1 is 1.23 bits per heavy atom. The largest absolute Gasteiger partial charge is 0.484 e. The van der Waals surface area contributed by atoms with Crippen LogP contribution in [0, 0.1) is 10.5 Å². The molecule has 8 heteroatoms. The summed E-state index contributed by atoms with van der Waals surface area (Å²) in [5.41, 5.74) is 1.90. The SMILES string of the molecule is Cc1cccc(OCc2nnc(SCC(=O)Nc3ccccc3I)o2)c1. The molecule has 3 rings (SSSR count). The van der Waals surface area contributed by atoms with Gasteiger partial charge in [-0.15, -0.1) is 10.2 Å². The van der Waals surface area contributed by atoms with Crippen molar-refractivity contribution >= 4 is 45.9 Å². The maximum atomic E-state index is 12.0. The number of hydrogen-bond acceptors (Lipinski definition) is 6. The zero-order valence-corrected chi connectivity index (χ0v) is 16.9. The van der Waals surface area contributed by atoms with E-state index in [0.717, 1.165) is 20.6 Å². The first-order valence-electron chi connectivity index (χ1n) is 7.79. The maximum absolute atomic E-state index is 12.0. The van der Waals surface area contributed by atoms with Gasteiger partial charge in [-0.05, 0) is 59.3 Å². The quantitative estimate of drug-likeness (QED) is 0.401. The molecule has 1 N–H and O–H groups in total. The molecule has 0 aliphatic carbocycles. The molecule has 1 heterocycles.